The zero-order valence-electron chi connectivity index (χ0n) is 33.4. The van der Waals surface area contributed by atoms with Crippen molar-refractivity contribution in [2.45, 2.75) is 69.6 Å². The van der Waals surface area contributed by atoms with Crippen LogP contribution in [-0.4, -0.2) is 111 Å². The lowest BCUT2D eigenvalue weighted by Crippen LogP contribution is -2.43. The molecule has 4 saturated heterocycles. The summed E-state index contributed by atoms with van der Waals surface area (Å²) in [6.45, 7) is 6.10. The molecule has 1 atom stereocenters. The smallest absolute Gasteiger partial charge is 0.259 e. The molecule has 0 radical (unpaired) electrons. The molecule has 0 saturated carbocycles. The standard InChI is InChI=1S/C44H48FN11O4/c45-32-11-20-54(21-12-32)41-23-38-31(22-39(41)49-44(60)36-2-1-15-55-28-46-50-42(36)55)25-56(51-38)35-13-16-52(17-14-35)24-29-9-18-53(19-10-29)34-6-3-30(4-7-34)43(59)48-37-8-5-33(26-57)47-40(37)27-58/h1-4,6-7,15,22-23,25,28-29,32,35,37,47H,5,8-14,16-21,24H2,(H,48,59)(H,49,60)/t37-/m0/s1. The molecule has 310 valence electrons. The first kappa shape index (κ1) is 39.1. The monoisotopic (exact) mass is 813 g/mol. The molecule has 5 aromatic rings. The number of aromatic nitrogens is 5. The number of carbonyl (C=O) groups excluding carboxylic acids is 4. The van der Waals surface area contributed by atoms with Gasteiger partial charge in [-0.15, -0.1) is 10.2 Å². The fourth-order valence-corrected chi connectivity index (χ4v) is 9.17. The second-order valence-electron chi connectivity index (χ2n) is 16.4. The van der Waals surface area contributed by atoms with Crippen LogP contribution in [0.5, 0.6) is 0 Å². The van der Waals surface area contributed by atoms with Gasteiger partial charge in [-0.3, -0.25) is 18.7 Å². The van der Waals surface area contributed by atoms with Crippen molar-refractivity contribution < 1.29 is 23.6 Å². The highest BCUT2D eigenvalue weighted by Gasteiger charge is 2.29. The van der Waals surface area contributed by atoms with Crippen molar-refractivity contribution in [3.05, 3.63) is 89.8 Å². The summed E-state index contributed by atoms with van der Waals surface area (Å²) in [6, 6.07) is 14.9. The lowest BCUT2D eigenvalue weighted by atomic mass is 9.94. The predicted molar refractivity (Wildman–Crippen MR) is 225 cm³/mol. The zero-order chi connectivity index (χ0) is 41.2. The summed E-state index contributed by atoms with van der Waals surface area (Å²) in [5, 5.41) is 22.8. The lowest BCUT2D eigenvalue weighted by molar-refractivity contribution is 0.0938. The van der Waals surface area contributed by atoms with Crippen LogP contribution in [-0.2, 0) is 9.59 Å². The first-order valence-electron chi connectivity index (χ1n) is 21.0. The van der Waals surface area contributed by atoms with E-state index >= 15 is 0 Å². The minimum atomic E-state index is -0.818. The number of nitrogens with one attached hydrogen (secondary N) is 3. The molecule has 0 unspecified atom stereocenters. The van der Waals surface area contributed by atoms with E-state index in [2.05, 4.69) is 51.7 Å². The van der Waals surface area contributed by atoms with Gasteiger partial charge in [0.05, 0.1) is 34.5 Å². The Balaban J connectivity index is 0.787. The molecule has 4 fully saturated rings. The summed E-state index contributed by atoms with van der Waals surface area (Å²) in [5.41, 5.74) is 5.29. The van der Waals surface area contributed by atoms with Gasteiger partial charge in [-0.2, -0.15) is 5.10 Å². The molecule has 9 rings (SSSR count). The average Bonchev–Trinajstić information content (AvgIpc) is 3.95. The maximum atomic E-state index is 14.2. The topological polar surface area (TPSA) is 162 Å². The molecule has 4 aliphatic heterocycles. The third kappa shape index (κ3) is 8.26. The third-order valence-corrected chi connectivity index (χ3v) is 12.6. The molecular weight excluding hydrogens is 766 g/mol. The van der Waals surface area contributed by atoms with Crippen LogP contribution in [0.25, 0.3) is 16.6 Å². The minimum absolute atomic E-state index is 0.143. The Labute approximate surface area is 346 Å². The molecule has 0 spiro atoms. The molecule has 0 bridgehead atoms. The summed E-state index contributed by atoms with van der Waals surface area (Å²) >= 11 is 0. The van der Waals surface area contributed by atoms with Gasteiger partial charge in [-0.05, 0) is 99.4 Å². The number of allylic oxidation sites excluding steroid dienone is 1. The number of hydrogen-bond acceptors (Lipinski definition) is 11. The summed E-state index contributed by atoms with van der Waals surface area (Å²) < 4.78 is 18.0. The molecule has 60 heavy (non-hydrogen) atoms. The number of halogens is 1. The second-order valence-corrected chi connectivity index (χ2v) is 16.4. The Bertz CT molecular complexity index is 2480. The number of rotatable bonds is 9. The molecule has 7 heterocycles. The number of carbonyl (C=O) groups is 2. The molecule has 0 aliphatic carbocycles. The molecule has 15 nitrogen and oxygen atoms in total. The van der Waals surface area contributed by atoms with Crippen molar-refractivity contribution in [2.24, 2.45) is 5.92 Å². The lowest BCUT2D eigenvalue weighted by Gasteiger charge is -2.38. The Morgan fingerprint density at radius 1 is 0.867 bits per heavy atom. The van der Waals surface area contributed by atoms with E-state index in [0.717, 1.165) is 80.7 Å². The zero-order valence-corrected chi connectivity index (χ0v) is 33.4. The number of alkyl halides is 1. The molecular formula is C44H48FN11O4. The van der Waals surface area contributed by atoms with Crippen molar-refractivity contribution >= 4 is 57.3 Å². The van der Waals surface area contributed by atoms with Crippen molar-refractivity contribution in [1.82, 2.24) is 39.9 Å². The number of nitrogens with zero attached hydrogens (tertiary/aromatic N) is 8. The van der Waals surface area contributed by atoms with E-state index in [9.17, 15) is 23.6 Å². The average molecular weight is 814 g/mol. The van der Waals surface area contributed by atoms with Crippen LogP contribution in [0.1, 0.15) is 78.1 Å². The number of likely N-dealkylation sites (tertiary alicyclic amines) is 1. The van der Waals surface area contributed by atoms with E-state index < -0.39 is 12.2 Å². The molecule has 4 aliphatic rings. The van der Waals surface area contributed by atoms with Crippen LogP contribution >= 0.6 is 0 Å². The number of amides is 2. The van der Waals surface area contributed by atoms with Crippen molar-refractivity contribution in [1.29, 1.82) is 0 Å². The van der Waals surface area contributed by atoms with Gasteiger partial charge in [0.2, 0.25) is 0 Å². The van der Waals surface area contributed by atoms with E-state index in [-0.39, 0.29) is 23.6 Å². The highest BCUT2D eigenvalue weighted by atomic mass is 19.1. The Morgan fingerprint density at radius 2 is 1.63 bits per heavy atom. The van der Waals surface area contributed by atoms with Crippen LogP contribution in [0.4, 0.5) is 21.5 Å². The second kappa shape index (κ2) is 17.1. The van der Waals surface area contributed by atoms with Gasteiger partial charge in [-0.25, -0.2) is 14.0 Å². The van der Waals surface area contributed by atoms with E-state index in [1.165, 1.54) is 0 Å². The predicted octanol–water partition coefficient (Wildman–Crippen LogP) is 4.74. The van der Waals surface area contributed by atoms with Gasteiger partial charge < -0.3 is 30.7 Å². The van der Waals surface area contributed by atoms with Crippen molar-refractivity contribution in [3.63, 3.8) is 0 Å². The SMILES string of the molecule is O=C=C1CC[C@H](NC(=O)c2ccc(N3CCC(CN4CCC(n5cc6cc(NC(=O)c7cccn8cnnc78)c(N7CCC(F)CC7)cc6n5)CC4)CC3)cc2)C(=C=O)N1. The Hall–Kier alpha value is -6.34. The summed E-state index contributed by atoms with van der Waals surface area (Å²) in [4.78, 5) is 56.0. The third-order valence-electron chi connectivity index (χ3n) is 12.6. The number of benzene rings is 2. The van der Waals surface area contributed by atoms with Crippen LogP contribution in [0.15, 0.2) is 78.6 Å². The maximum absolute atomic E-state index is 14.2. The van der Waals surface area contributed by atoms with E-state index in [4.69, 9.17) is 5.10 Å². The van der Waals surface area contributed by atoms with Crippen molar-refractivity contribution in [2.75, 3.05) is 60.9 Å². The van der Waals surface area contributed by atoms with Gasteiger partial charge in [0.1, 0.15) is 35.8 Å². The molecule has 16 heteroatoms. The Morgan fingerprint density at radius 3 is 2.38 bits per heavy atom. The van der Waals surface area contributed by atoms with E-state index in [0.29, 0.717) is 72.8 Å². The van der Waals surface area contributed by atoms with Crippen molar-refractivity contribution in [3.8, 4) is 0 Å². The summed E-state index contributed by atoms with van der Waals surface area (Å²) in [7, 11) is 0. The van der Waals surface area contributed by atoms with Gasteiger partial charge in [-0.1, -0.05) is 0 Å². The highest BCUT2D eigenvalue weighted by molar-refractivity contribution is 6.10. The van der Waals surface area contributed by atoms with Gasteiger partial charge in [0, 0.05) is 81.3 Å². The van der Waals surface area contributed by atoms with Crippen LogP contribution in [0.2, 0.25) is 0 Å². The molecule has 2 aromatic carbocycles. The minimum Gasteiger partial charge on any atom is -0.372 e. The molecule has 2 amide bonds. The fraction of sp³-hybridized carbons (Fsp3) is 0.432. The normalized spacial score (nSPS) is 19.9. The molecule has 3 N–H and O–H groups in total. The van der Waals surface area contributed by atoms with Crippen LogP contribution in [0, 0.1) is 5.92 Å². The fourth-order valence-electron chi connectivity index (χ4n) is 9.17. The number of fused-ring (bicyclic) bond motifs is 2. The maximum Gasteiger partial charge on any atom is 0.259 e. The largest absolute Gasteiger partial charge is 0.372 e. The van der Waals surface area contributed by atoms with E-state index in [1.54, 1.807) is 40.9 Å². The van der Waals surface area contributed by atoms with Gasteiger partial charge >= 0.3 is 0 Å². The van der Waals surface area contributed by atoms with Gasteiger partial charge in [0.25, 0.3) is 11.8 Å². The quantitative estimate of drug-likeness (QED) is 0.177. The highest BCUT2D eigenvalue weighted by Crippen LogP contribution is 2.35. The van der Waals surface area contributed by atoms with Crippen LogP contribution in [0.3, 0.4) is 0 Å². The summed E-state index contributed by atoms with van der Waals surface area (Å²) in [5.74, 6) is 3.63. The van der Waals surface area contributed by atoms with Crippen LogP contribution < -0.4 is 25.8 Å². The molecule has 3 aromatic heterocycles. The first-order valence-corrected chi connectivity index (χ1v) is 21.0. The first-order chi connectivity index (χ1) is 29.3. The van der Waals surface area contributed by atoms with Gasteiger partial charge in [0.15, 0.2) is 5.65 Å². The summed E-state index contributed by atoms with van der Waals surface area (Å²) in [6.07, 6.45) is 10.5. The number of anilines is 3. The number of piperidine rings is 4. The number of pyridine rings is 1. The number of hydrogen-bond donors (Lipinski definition) is 3. The van der Waals surface area contributed by atoms with E-state index in [1.807, 2.05) is 36.4 Å². The Kier molecular flexibility index (Phi) is 11.2.